The lowest BCUT2D eigenvalue weighted by molar-refractivity contribution is 0.0959. The number of benzene rings is 2. The van der Waals surface area contributed by atoms with Crippen molar-refractivity contribution in [3.63, 3.8) is 0 Å². The minimum Gasteiger partial charge on any atom is -0.380 e. The Labute approximate surface area is 153 Å². The highest BCUT2D eigenvalue weighted by Gasteiger charge is 2.24. The molecule has 2 aromatic rings. The maximum Gasteiger partial charge on any atom is 0.253 e. The minimum atomic E-state index is -0.0383. The summed E-state index contributed by atoms with van der Waals surface area (Å²) in [6.45, 7) is 1.25. The van der Waals surface area contributed by atoms with Gasteiger partial charge in [-0.2, -0.15) is 0 Å². The van der Waals surface area contributed by atoms with Gasteiger partial charge in [0.05, 0.1) is 5.56 Å². The molecule has 3 nitrogen and oxygen atoms in total. The number of hydrogen-bond acceptors (Lipinski definition) is 3. The van der Waals surface area contributed by atoms with Crippen LogP contribution in [0.4, 0.5) is 5.69 Å². The van der Waals surface area contributed by atoms with Crippen LogP contribution >= 0.6 is 11.8 Å². The summed E-state index contributed by atoms with van der Waals surface area (Å²) in [5.74, 6) is 0.627. The predicted molar refractivity (Wildman–Crippen MR) is 107 cm³/mol. The van der Waals surface area contributed by atoms with Crippen LogP contribution in [0.5, 0.6) is 0 Å². The Hall–Kier alpha value is -2.20. The molecule has 130 valence electrons. The van der Waals surface area contributed by atoms with E-state index in [9.17, 15) is 4.79 Å². The largest absolute Gasteiger partial charge is 0.380 e. The van der Waals surface area contributed by atoms with Crippen LogP contribution < -0.4 is 10.6 Å². The van der Waals surface area contributed by atoms with Crippen LogP contribution in [0, 0.1) is 0 Å². The monoisotopic (exact) mass is 352 g/mol. The van der Waals surface area contributed by atoms with E-state index in [1.165, 1.54) is 24.0 Å². The maximum atomic E-state index is 12.5. The third-order valence-corrected chi connectivity index (χ3v) is 4.74. The van der Waals surface area contributed by atoms with Crippen molar-refractivity contribution in [1.29, 1.82) is 0 Å². The van der Waals surface area contributed by atoms with Crippen molar-refractivity contribution in [3.8, 4) is 0 Å². The molecule has 0 aromatic heterocycles. The van der Waals surface area contributed by atoms with Gasteiger partial charge in [-0.15, -0.1) is 11.8 Å². The van der Waals surface area contributed by atoms with Crippen molar-refractivity contribution in [1.82, 2.24) is 5.32 Å². The second-order valence-corrected chi connectivity index (χ2v) is 6.98. The van der Waals surface area contributed by atoms with Crippen LogP contribution in [-0.2, 0) is 6.54 Å². The summed E-state index contributed by atoms with van der Waals surface area (Å²) in [6.07, 6.45) is 6.46. The summed E-state index contributed by atoms with van der Waals surface area (Å²) in [5.41, 5.74) is 4.15. The lowest BCUT2D eigenvalue weighted by Crippen LogP contribution is -2.24. The van der Waals surface area contributed by atoms with Crippen molar-refractivity contribution < 1.29 is 4.79 Å². The Morgan fingerprint density at radius 2 is 2.00 bits per heavy atom. The van der Waals surface area contributed by atoms with Crippen molar-refractivity contribution in [2.45, 2.75) is 25.3 Å². The highest BCUT2D eigenvalue weighted by Crippen LogP contribution is 2.41. The lowest BCUT2D eigenvalue weighted by Gasteiger charge is -2.14. The molecule has 1 saturated carbocycles. The van der Waals surface area contributed by atoms with E-state index in [1.54, 1.807) is 11.8 Å². The Morgan fingerprint density at radius 1 is 1.20 bits per heavy atom. The average molecular weight is 353 g/mol. The summed E-state index contributed by atoms with van der Waals surface area (Å²) >= 11 is 1.63. The van der Waals surface area contributed by atoms with Crippen molar-refractivity contribution >= 4 is 23.4 Å². The van der Waals surface area contributed by atoms with E-state index in [0.717, 1.165) is 5.69 Å². The molecule has 2 aromatic carbocycles. The van der Waals surface area contributed by atoms with Crippen LogP contribution in [0.2, 0.25) is 0 Å². The highest BCUT2D eigenvalue weighted by molar-refractivity contribution is 8.01. The number of thioether (sulfide) groups is 1. The summed E-state index contributed by atoms with van der Waals surface area (Å²) in [7, 11) is 0. The molecule has 0 heterocycles. The molecule has 0 radical (unpaired) electrons. The molecular formula is C21H24N2OS. The first-order valence-electron chi connectivity index (χ1n) is 8.65. The average Bonchev–Trinajstić information content (AvgIpc) is 3.49. The molecule has 1 aliphatic rings. The van der Waals surface area contributed by atoms with E-state index in [4.69, 9.17) is 0 Å². The van der Waals surface area contributed by atoms with Crippen LogP contribution in [-0.4, -0.2) is 18.7 Å². The number of anilines is 1. The first kappa shape index (κ1) is 17.6. The summed E-state index contributed by atoms with van der Waals surface area (Å²) in [4.78, 5) is 12.5. The molecule has 0 unspecified atom stereocenters. The van der Waals surface area contributed by atoms with E-state index in [0.29, 0.717) is 24.6 Å². The van der Waals surface area contributed by atoms with Crippen LogP contribution in [0.1, 0.15) is 40.2 Å². The minimum absolute atomic E-state index is 0.0383. The van der Waals surface area contributed by atoms with Gasteiger partial charge in [-0.05, 0) is 53.7 Å². The zero-order valence-electron chi connectivity index (χ0n) is 14.5. The van der Waals surface area contributed by atoms with Gasteiger partial charge in [0.15, 0.2) is 0 Å². The van der Waals surface area contributed by atoms with E-state index in [2.05, 4.69) is 34.9 Å². The molecule has 0 spiro atoms. The van der Waals surface area contributed by atoms with Gasteiger partial charge in [-0.3, -0.25) is 4.79 Å². The van der Waals surface area contributed by atoms with E-state index in [1.807, 2.05) is 42.0 Å². The molecule has 1 fully saturated rings. The van der Waals surface area contributed by atoms with Gasteiger partial charge in [-0.1, -0.05) is 42.5 Å². The highest BCUT2D eigenvalue weighted by atomic mass is 32.2. The number of carbonyl (C=O) groups is 1. The normalized spacial score (nSPS) is 13.8. The van der Waals surface area contributed by atoms with Gasteiger partial charge in [0.1, 0.15) is 0 Å². The van der Waals surface area contributed by atoms with Crippen molar-refractivity contribution in [3.05, 3.63) is 76.7 Å². The van der Waals surface area contributed by atoms with Crippen LogP contribution in [0.15, 0.2) is 60.0 Å². The predicted octanol–water partition coefficient (Wildman–Crippen LogP) is 4.78. The number of carbonyl (C=O) groups excluding carboxylic acids is 1. The topological polar surface area (TPSA) is 41.1 Å². The third kappa shape index (κ3) is 5.13. The molecule has 25 heavy (non-hydrogen) atoms. The molecular weight excluding hydrogens is 328 g/mol. The quantitative estimate of drug-likeness (QED) is 0.718. The molecule has 1 amide bonds. The van der Waals surface area contributed by atoms with Crippen LogP contribution in [0.25, 0.3) is 0 Å². The van der Waals surface area contributed by atoms with Gasteiger partial charge < -0.3 is 10.6 Å². The fourth-order valence-electron chi connectivity index (χ4n) is 2.76. The zero-order valence-corrected chi connectivity index (χ0v) is 15.3. The van der Waals surface area contributed by atoms with Crippen molar-refractivity contribution in [2.24, 2.45) is 0 Å². The molecule has 0 saturated heterocycles. The van der Waals surface area contributed by atoms with Gasteiger partial charge in [0, 0.05) is 18.8 Å². The number of rotatable bonds is 8. The Kier molecular flexibility index (Phi) is 6.18. The van der Waals surface area contributed by atoms with E-state index >= 15 is 0 Å². The van der Waals surface area contributed by atoms with Crippen LogP contribution in [0.3, 0.4) is 0 Å². The first-order valence-corrected chi connectivity index (χ1v) is 9.94. The first-order chi connectivity index (χ1) is 12.3. The Balaban J connectivity index is 1.73. The third-order valence-electron chi connectivity index (χ3n) is 4.28. The van der Waals surface area contributed by atoms with Gasteiger partial charge in [0.25, 0.3) is 5.91 Å². The standard InChI is InChI=1S/C21H24N2OS/c1-25-13-5-12-22-21(24)19-11-10-18(17-8-9-17)14-20(19)23-15-16-6-3-2-4-7-16/h2-7,10-11,13-14,17,23H,8-9,12,15H2,1H3,(H,22,24)/b13-5+. The molecule has 0 bridgehead atoms. The number of amides is 1. The fourth-order valence-corrected chi connectivity index (χ4v) is 3.05. The molecule has 2 N–H and O–H groups in total. The fraction of sp³-hybridized carbons (Fsp3) is 0.286. The molecule has 3 rings (SSSR count). The zero-order chi connectivity index (χ0) is 17.5. The SMILES string of the molecule is CS/C=C/CNC(=O)c1ccc(C2CC2)cc1NCc1ccccc1. The lowest BCUT2D eigenvalue weighted by atomic mass is 10.0. The maximum absolute atomic E-state index is 12.5. The molecule has 0 atom stereocenters. The molecule has 0 aliphatic heterocycles. The van der Waals surface area contributed by atoms with Crippen molar-refractivity contribution in [2.75, 3.05) is 18.1 Å². The summed E-state index contributed by atoms with van der Waals surface area (Å²) in [5, 5.41) is 8.39. The second-order valence-electron chi connectivity index (χ2n) is 6.24. The number of hydrogen-bond donors (Lipinski definition) is 2. The Bertz CT molecular complexity index is 739. The molecule has 4 heteroatoms. The van der Waals surface area contributed by atoms with E-state index in [-0.39, 0.29) is 5.91 Å². The van der Waals surface area contributed by atoms with Gasteiger partial charge >= 0.3 is 0 Å². The van der Waals surface area contributed by atoms with E-state index < -0.39 is 0 Å². The molecule has 1 aliphatic carbocycles. The summed E-state index contributed by atoms with van der Waals surface area (Å²) in [6, 6.07) is 16.4. The number of nitrogens with one attached hydrogen (secondary N) is 2. The second kappa shape index (κ2) is 8.77. The van der Waals surface area contributed by atoms with Gasteiger partial charge in [-0.25, -0.2) is 0 Å². The smallest absolute Gasteiger partial charge is 0.253 e. The van der Waals surface area contributed by atoms with Gasteiger partial charge in [0.2, 0.25) is 0 Å². The summed E-state index contributed by atoms with van der Waals surface area (Å²) < 4.78 is 0. The Morgan fingerprint density at radius 3 is 2.72 bits per heavy atom.